The Labute approximate surface area is 146 Å². The number of furan rings is 1. The lowest BCUT2D eigenvalue weighted by Gasteiger charge is -2.32. The molecule has 1 saturated heterocycles. The van der Waals surface area contributed by atoms with Crippen molar-refractivity contribution >= 4 is 22.7 Å². The number of carbonyl (C=O) groups is 1. The maximum Gasteiger partial charge on any atom is 0.245 e. The number of nitrogens with zero attached hydrogens (tertiary/aromatic N) is 3. The first kappa shape index (κ1) is 15.9. The minimum atomic E-state index is -0.223. The van der Waals surface area contributed by atoms with Gasteiger partial charge in [0.05, 0.1) is 12.1 Å². The average molecular weight is 338 g/mol. The summed E-state index contributed by atoms with van der Waals surface area (Å²) in [5.74, 6) is 1.65. The SMILES string of the molecule is C[C@H](N[C@@H]1CCCN(c2ccn(C)n2)C1=O)c1cc2ccccc2o1. The van der Waals surface area contributed by atoms with Gasteiger partial charge >= 0.3 is 0 Å². The van der Waals surface area contributed by atoms with Crippen molar-refractivity contribution in [3.63, 3.8) is 0 Å². The molecule has 3 aromatic rings. The van der Waals surface area contributed by atoms with Gasteiger partial charge in [0.15, 0.2) is 5.82 Å². The Hall–Kier alpha value is -2.60. The molecule has 1 aromatic carbocycles. The first-order valence-corrected chi connectivity index (χ1v) is 8.67. The molecule has 2 atom stereocenters. The Morgan fingerprint density at radius 1 is 1.32 bits per heavy atom. The predicted octanol–water partition coefficient (Wildman–Crippen LogP) is 3.01. The third kappa shape index (κ3) is 3.05. The summed E-state index contributed by atoms with van der Waals surface area (Å²) in [5, 5.41) is 8.87. The van der Waals surface area contributed by atoms with E-state index in [1.165, 1.54) is 0 Å². The number of piperidine rings is 1. The maximum absolute atomic E-state index is 12.9. The molecular formula is C19H22N4O2. The molecule has 1 amide bonds. The van der Waals surface area contributed by atoms with E-state index in [4.69, 9.17) is 4.42 Å². The number of hydrogen-bond acceptors (Lipinski definition) is 4. The summed E-state index contributed by atoms with van der Waals surface area (Å²) in [6.45, 7) is 2.75. The summed E-state index contributed by atoms with van der Waals surface area (Å²) in [5.41, 5.74) is 0.872. The lowest BCUT2D eigenvalue weighted by Crippen LogP contribution is -2.51. The van der Waals surface area contributed by atoms with Crippen LogP contribution in [0.15, 0.2) is 47.0 Å². The number of amides is 1. The summed E-state index contributed by atoms with van der Waals surface area (Å²) < 4.78 is 7.64. The van der Waals surface area contributed by atoms with Gasteiger partial charge in [-0.25, -0.2) is 0 Å². The molecular weight excluding hydrogens is 316 g/mol. The lowest BCUT2D eigenvalue weighted by molar-refractivity contribution is -0.122. The van der Waals surface area contributed by atoms with E-state index < -0.39 is 0 Å². The molecule has 0 unspecified atom stereocenters. The number of rotatable bonds is 4. The van der Waals surface area contributed by atoms with E-state index in [2.05, 4.69) is 10.4 Å². The quantitative estimate of drug-likeness (QED) is 0.794. The van der Waals surface area contributed by atoms with E-state index >= 15 is 0 Å². The van der Waals surface area contributed by atoms with Crippen molar-refractivity contribution in [2.45, 2.75) is 31.8 Å². The molecule has 6 heteroatoms. The van der Waals surface area contributed by atoms with Crippen LogP contribution in [0.5, 0.6) is 0 Å². The van der Waals surface area contributed by atoms with Gasteiger partial charge in [-0.3, -0.25) is 19.7 Å². The van der Waals surface area contributed by atoms with Crippen molar-refractivity contribution in [1.29, 1.82) is 0 Å². The van der Waals surface area contributed by atoms with Crippen LogP contribution in [-0.4, -0.2) is 28.3 Å². The lowest BCUT2D eigenvalue weighted by atomic mass is 10.0. The van der Waals surface area contributed by atoms with Gasteiger partial charge in [-0.15, -0.1) is 0 Å². The highest BCUT2D eigenvalue weighted by Crippen LogP contribution is 2.26. The summed E-state index contributed by atoms with van der Waals surface area (Å²) in [6.07, 6.45) is 3.64. The number of carbonyl (C=O) groups excluding carboxylic acids is 1. The number of fused-ring (bicyclic) bond motifs is 1. The molecule has 1 N–H and O–H groups in total. The van der Waals surface area contributed by atoms with Crippen molar-refractivity contribution in [2.24, 2.45) is 7.05 Å². The van der Waals surface area contributed by atoms with Crippen molar-refractivity contribution in [3.8, 4) is 0 Å². The summed E-state index contributed by atoms with van der Waals surface area (Å²) in [4.78, 5) is 14.6. The molecule has 4 rings (SSSR count). The van der Waals surface area contributed by atoms with Gasteiger partial charge in [-0.1, -0.05) is 18.2 Å². The predicted molar refractivity (Wildman–Crippen MR) is 96.3 cm³/mol. The van der Waals surface area contributed by atoms with E-state index in [-0.39, 0.29) is 18.0 Å². The molecule has 25 heavy (non-hydrogen) atoms. The van der Waals surface area contributed by atoms with Crippen LogP contribution in [0.1, 0.15) is 31.6 Å². The van der Waals surface area contributed by atoms with Crippen LogP contribution < -0.4 is 10.2 Å². The van der Waals surface area contributed by atoms with E-state index in [0.717, 1.165) is 35.4 Å². The average Bonchev–Trinajstić information content (AvgIpc) is 3.23. The smallest absolute Gasteiger partial charge is 0.245 e. The molecule has 130 valence electrons. The number of para-hydroxylation sites is 1. The number of nitrogens with one attached hydrogen (secondary N) is 1. The minimum Gasteiger partial charge on any atom is -0.459 e. The van der Waals surface area contributed by atoms with E-state index in [1.54, 1.807) is 9.58 Å². The van der Waals surface area contributed by atoms with E-state index in [9.17, 15) is 4.79 Å². The van der Waals surface area contributed by atoms with Gasteiger partial charge in [-0.2, -0.15) is 5.10 Å². The zero-order valence-corrected chi connectivity index (χ0v) is 14.5. The largest absolute Gasteiger partial charge is 0.459 e. The molecule has 3 heterocycles. The second kappa shape index (κ2) is 6.37. The topological polar surface area (TPSA) is 63.3 Å². The number of hydrogen-bond donors (Lipinski definition) is 1. The Balaban J connectivity index is 1.50. The highest BCUT2D eigenvalue weighted by molar-refractivity contribution is 5.97. The third-order valence-electron chi connectivity index (χ3n) is 4.74. The van der Waals surface area contributed by atoms with Crippen molar-refractivity contribution < 1.29 is 9.21 Å². The molecule has 0 aliphatic carbocycles. The van der Waals surface area contributed by atoms with Crippen LogP contribution >= 0.6 is 0 Å². The molecule has 0 radical (unpaired) electrons. The van der Waals surface area contributed by atoms with Gasteiger partial charge in [0.2, 0.25) is 5.91 Å². The maximum atomic E-state index is 12.9. The zero-order chi connectivity index (χ0) is 17.4. The third-order valence-corrected chi connectivity index (χ3v) is 4.74. The molecule has 0 saturated carbocycles. The van der Waals surface area contributed by atoms with E-state index in [1.807, 2.05) is 56.6 Å². The first-order chi connectivity index (χ1) is 12.1. The van der Waals surface area contributed by atoms with Crippen LogP contribution in [0.4, 0.5) is 5.82 Å². The van der Waals surface area contributed by atoms with Gasteiger partial charge in [0.25, 0.3) is 0 Å². The molecule has 1 aliphatic heterocycles. The fourth-order valence-electron chi connectivity index (χ4n) is 3.40. The number of anilines is 1. The highest BCUT2D eigenvalue weighted by atomic mass is 16.3. The second-order valence-electron chi connectivity index (χ2n) is 6.61. The van der Waals surface area contributed by atoms with Gasteiger partial charge < -0.3 is 4.42 Å². The number of aryl methyl sites for hydroxylation is 1. The van der Waals surface area contributed by atoms with Gasteiger partial charge in [0.1, 0.15) is 11.3 Å². The van der Waals surface area contributed by atoms with Gasteiger partial charge in [0, 0.05) is 31.2 Å². The van der Waals surface area contributed by atoms with Crippen LogP contribution in [0.2, 0.25) is 0 Å². The highest BCUT2D eigenvalue weighted by Gasteiger charge is 2.32. The zero-order valence-electron chi connectivity index (χ0n) is 14.5. The Kier molecular flexibility index (Phi) is 4.05. The molecule has 0 bridgehead atoms. The monoisotopic (exact) mass is 338 g/mol. The summed E-state index contributed by atoms with van der Waals surface area (Å²) >= 11 is 0. The van der Waals surface area contributed by atoms with Crippen LogP contribution in [0.3, 0.4) is 0 Å². The van der Waals surface area contributed by atoms with E-state index in [0.29, 0.717) is 6.54 Å². The normalized spacial score (nSPS) is 19.5. The van der Waals surface area contributed by atoms with Crippen molar-refractivity contribution in [1.82, 2.24) is 15.1 Å². The Morgan fingerprint density at radius 2 is 2.16 bits per heavy atom. The first-order valence-electron chi connectivity index (χ1n) is 8.67. The fourth-order valence-corrected chi connectivity index (χ4v) is 3.40. The minimum absolute atomic E-state index is 0.0370. The van der Waals surface area contributed by atoms with Crippen molar-refractivity contribution in [3.05, 3.63) is 48.4 Å². The number of benzene rings is 1. The van der Waals surface area contributed by atoms with Crippen LogP contribution in [-0.2, 0) is 11.8 Å². The number of aromatic nitrogens is 2. The summed E-state index contributed by atoms with van der Waals surface area (Å²) in [6, 6.07) is 11.6. The fraction of sp³-hybridized carbons (Fsp3) is 0.368. The van der Waals surface area contributed by atoms with Crippen LogP contribution in [0.25, 0.3) is 11.0 Å². The van der Waals surface area contributed by atoms with Gasteiger partial charge in [-0.05, 0) is 31.9 Å². The molecule has 6 nitrogen and oxygen atoms in total. The second-order valence-corrected chi connectivity index (χ2v) is 6.61. The summed E-state index contributed by atoms with van der Waals surface area (Å²) in [7, 11) is 1.86. The molecule has 1 fully saturated rings. The molecule has 0 spiro atoms. The molecule has 2 aromatic heterocycles. The standard InChI is InChI=1S/C19H22N4O2/c1-13(17-12-14-6-3-4-8-16(14)25-17)20-15-7-5-10-23(19(15)24)18-9-11-22(2)21-18/h3-4,6,8-9,11-13,15,20H,5,7,10H2,1-2H3/t13-,15+/m0/s1. The Morgan fingerprint density at radius 3 is 2.92 bits per heavy atom. The van der Waals surface area contributed by atoms with Crippen molar-refractivity contribution in [2.75, 3.05) is 11.4 Å². The Bertz CT molecular complexity index is 865. The molecule has 1 aliphatic rings. The van der Waals surface area contributed by atoms with Crippen LogP contribution in [0, 0.1) is 0 Å².